The molecule has 12 unspecified atom stereocenters. The molecule has 2 heterocycles. The van der Waals surface area contributed by atoms with Gasteiger partial charge in [0.15, 0.2) is 12.6 Å². The van der Waals surface area contributed by atoms with Gasteiger partial charge in [-0.2, -0.15) is 0 Å². The van der Waals surface area contributed by atoms with Gasteiger partial charge < -0.3 is 65.1 Å². The Bertz CT molecular complexity index is 1370. The van der Waals surface area contributed by atoms with Crippen molar-refractivity contribution < 1.29 is 64.6 Å². The number of amides is 1. The molecule has 73 heavy (non-hydrogen) atoms. The van der Waals surface area contributed by atoms with Crippen LogP contribution in [0.3, 0.4) is 0 Å². The number of ether oxygens (including phenoxy) is 4. The van der Waals surface area contributed by atoms with E-state index in [-0.39, 0.29) is 18.9 Å². The Morgan fingerprint density at radius 2 is 0.904 bits per heavy atom. The van der Waals surface area contributed by atoms with Crippen LogP contribution in [0.25, 0.3) is 0 Å². The van der Waals surface area contributed by atoms with Crippen molar-refractivity contribution in [2.75, 3.05) is 19.8 Å². The highest BCUT2D eigenvalue weighted by atomic mass is 16.7. The van der Waals surface area contributed by atoms with Crippen molar-refractivity contribution in [3.63, 3.8) is 0 Å². The highest BCUT2D eigenvalue weighted by Gasteiger charge is 2.51. The molecule has 14 nitrogen and oxygen atoms in total. The zero-order valence-electron chi connectivity index (χ0n) is 45.9. The van der Waals surface area contributed by atoms with Gasteiger partial charge in [0.2, 0.25) is 5.91 Å². The summed E-state index contributed by atoms with van der Waals surface area (Å²) in [5.41, 5.74) is 0. The van der Waals surface area contributed by atoms with E-state index in [0.717, 1.165) is 64.2 Å². The van der Waals surface area contributed by atoms with Crippen molar-refractivity contribution in [2.45, 2.75) is 312 Å². The molecule has 0 aromatic carbocycles. The first kappa shape index (κ1) is 67.3. The minimum Gasteiger partial charge on any atom is -0.394 e. The number of nitrogens with one attached hydrogen (secondary N) is 1. The molecule has 12 atom stereocenters. The molecule has 0 aromatic heterocycles. The summed E-state index contributed by atoms with van der Waals surface area (Å²) in [6.07, 6.45) is 37.5. The first-order valence-corrected chi connectivity index (χ1v) is 29.7. The fraction of sp³-hybridized carbons (Fsp3) is 0.881. The van der Waals surface area contributed by atoms with E-state index in [2.05, 4.69) is 43.5 Å². The number of allylic oxidation sites excluding steroid dienone is 5. The normalized spacial score (nSPS) is 25.6. The van der Waals surface area contributed by atoms with Crippen LogP contribution in [0.5, 0.6) is 0 Å². The molecule has 2 rings (SSSR count). The molecule has 2 saturated heterocycles. The Kier molecular flexibility index (Phi) is 41.7. The van der Waals surface area contributed by atoms with E-state index < -0.39 is 86.8 Å². The number of rotatable bonds is 47. The predicted molar refractivity (Wildman–Crippen MR) is 291 cm³/mol. The van der Waals surface area contributed by atoms with Gasteiger partial charge in [-0.25, -0.2) is 0 Å². The Hall–Kier alpha value is -1.79. The smallest absolute Gasteiger partial charge is 0.220 e. The number of unbranched alkanes of at least 4 members (excludes halogenated alkanes) is 30. The average molecular weight is 1040 g/mol. The van der Waals surface area contributed by atoms with Crippen LogP contribution >= 0.6 is 0 Å². The van der Waals surface area contributed by atoms with Crippen LogP contribution in [-0.4, -0.2) is 140 Å². The molecule has 1 amide bonds. The van der Waals surface area contributed by atoms with Crippen molar-refractivity contribution in [3.05, 3.63) is 36.5 Å². The van der Waals surface area contributed by atoms with Crippen LogP contribution in [0.4, 0.5) is 0 Å². The summed E-state index contributed by atoms with van der Waals surface area (Å²) in [6.45, 7) is 2.78. The van der Waals surface area contributed by atoms with Gasteiger partial charge in [0.25, 0.3) is 0 Å². The Morgan fingerprint density at radius 3 is 1.38 bits per heavy atom. The molecular formula is C59H109NO13. The van der Waals surface area contributed by atoms with E-state index in [1.807, 2.05) is 6.08 Å². The van der Waals surface area contributed by atoms with E-state index in [0.29, 0.717) is 6.42 Å². The second kappa shape index (κ2) is 45.3. The Morgan fingerprint density at radius 1 is 0.493 bits per heavy atom. The first-order chi connectivity index (χ1) is 35.6. The standard InChI is InChI=1S/C59H109NO13/c1-3-5-7-9-11-13-15-17-19-21-22-23-24-25-26-27-28-30-32-34-36-38-40-42-48(63)47(60-51(64)43-41-39-37-35-33-31-29-20-18-16-14-12-10-8-6-4-2)46-70-58-56(69)54(67)57(50(45-62)72-58)73-59-55(68)53(66)52(65)49(44-61)71-59/h14,16,20,29,40,42,47-50,52-59,61-63,65-69H,3-13,15,17-19,21-28,30-39,41,43-46H2,1-2H3,(H,60,64)/b16-14-,29-20-,42-40+. The summed E-state index contributed by atoms with van der Waals surface area (Å²) < 4.78 is 22.8. The summed E-state index contributed by atoms with van der Waals surface area (Å²) in [4.78, 5) is 13.2. The van der Waals surface area contributed by atoms with Gasteiger partial charge in [0.1, 0.15) is 48.8 Å². The van der Waals surface area contributed by atoms with Crippen LogP contribution in [0.2, 0.25) is 0 Å². The SMILES string of the molecule is CCCCCC/C=C\C/C=C\CCCCCCCC(=O)NC(COC1OC(CO)C(OC2OC(CO)C(O)C(O)C2O)C(O)C1O)C(O)/C=C/CCCCCCCCCCCCCCCCCCCCCCC. The van der Waals surface area contributed by atoms with Gasteiger partial charge in [-0.15, -0.1) is 0 Å². The maximum Gasteiger partial charge on any atom is 0.220 e. The van der Waals surface area contributed by atoms with E-state index >= 15 is 0 Å². The monoisotopic (exact) mass is 1040 g/mol. The number of hydrogen-bond acceptors (Lipinski definition) is 13. The number of carbonyl (C=O) groups excluding carboxylic acids is 1. The molecular weight excluding hydrogens is 931 g/mol. The number of hydrogen-bond donors (Lipinski definition) is 9. The van der Waals surface area contributed by atoms with Crippen molar-refractivity contribution in [3.8, 4) is 0 Å². The second-order valence-corrected chi connectivity index (χ2v) is 21.1. The van der Waals surface area contributed by atoms with Crippen LogP contribution in [-0.2, 0) is 23.7 Å². The van der Waals surface area contributed by atoms with Gasteiger partial charge in [0.05, 0.1) is 32.0 Å². The highest BCUT2D eigenvalue weighted by molar-refractivity contribution is 5.76. The summed E-state index contributed by atoms with van der Waals surface area (Å²) >= 11 is 0. The second-order valence-electron chi connectivity index (χ2n) is 21.1. The molecule has 0 aliphatic carbocycles. The van der Waals surface area contributed by atoms with Gasteiger partial charge in [-0.05, 0) is 51.4 Å². The zero-order valence-corrected chi connectivity index (χ0v) is 45.9. The van der Waals surface area contributed by atoms with Crippen molar-refractivity contribution in [1.82, 2.24) is 5.32 Å². The molecule has 0 radical (unpaired) electrons. The average Bonchev–Trinajstić information content (AvgIpc) is 3.39. The van der Waals surface area contributed by atoms with Crippen LogP contribution in [0, 0.1) is 0 Å². The quantitative estimate of drug-likeness (QED) is 0.0205. The largest absolute Gasteiger partial charge is 0.394 e. The number of aliphatic hydroxyl groups is 8. The molecule has 14 heteroatoms. The molecule has 0 aromatic rings. The Balaban J connectivity index is 1.77. The fourth-order valence-electron chi connectivity index (χ4n) is 9.73. The highest BCUT2D eigenvalue weighted by Crippen LogP contribution is 2.30. The van der Waals surface area contributed by atoms with Gasteiger partial charge in [-0.3, -0.25) is 4.79 Å². The molecule has 0 spiro atoms. The lowest BCUT2D eigenvalue weighted by molar-refractivity contribution is -0.359. The lowest BCUT2D eigenvalue weighted by Crippen LogP contribution is -2.65. The van der Waals surface area contributed by atoms with E-state index in [1.165, 1.54) is 148 Å². The topological polar surface area (TPSA) is 228 Å². The molecule has 9 N–H and O–H groups in total. The number of aliphatic hydroxyl groups excluding tert-OH is 8. The summed E-state index contributed by atoms with van der Waals surface area (Å²) in [6, 6.07) is -0.922. The van der Waals surface area contributed by atoms with Gasteiger partial charge in [0, 0.05) is 6.42 Å². The lowest BCUT2D eigenvalue weighted by atomic mass is 9.97. The van der Waals surface area contributed by atoms with Gasteiger partial charge >= 0.3 is 0 Å². The van der Waals surface area contributed by atoms with Crippen molar-refractivity contribution in [1.29, 1.82) is 0 Å². The summed E-state index contributed by atoms with van der Waals surface area (Å²) in [5.74, 6) is -0.252. The minimum atomic E-state index is -1.79. The maximum atomic E-state index is 13.2. The van der Waals surface area contributed by atoms with Gasteiger partial charge in [-0.1, -0.05) is 217 Å². The Labute approximate surface area is 442 Å². The van der Waals surface area contributed by atoms with Crippen LogP contribution < -0.4 is 5.32 Å². The molecule has 2 fully saturated rings. The van der Waals surface area contributed by atoms with E-state index in [1.54, 1.807) is 6.08 Å². The zero-order chi connectivity index (χ0) is 53.2. The lowest BCUT2D eigenvalue weighted by Gasteiger charge is -2.46. The van der Waals surface area contributed by atoms with Crippen molar-refractivity contribution in [2.24, 2.45) is 0 Å². The summed E-state index contributed by atoms with van der Waals surface area (Å²) in [5, 5.41) is 87.1. The fourth-order valence-corrected chi connectivity index (χ4v) is 9.73. The molecule has 2 aliphatic rings. The first-order valence-electron chi connectivity index (χ1n) is 29.7. The molecule has 0 bridgehead atoms. The molecule has 428 valence electrons. The number of carbonyl (C=O) groups is 1. The van der Waals surface area contributed by atoms with E-state index in [4.69, 9.17) is 18.9 Å². The maximum absolute atomic E-state index is 13.2. The van der Waals surface area contributed by atoms with E-state index in [9.17, 15) is 45.6 Å². The van der Waals surface area contributed by atoms with Crippen molar-refractivity contribution >= 4 is 5.91 Å². The van der Waals surface area contributed by atoms with Crippen LogP contribution in [0.15, 0.2) is 36.5 Å². The molecule has 2 aliphatic heterocycles. The third-order valence-electron chi connectivity index (χ3n) is 14.6. The minimum absolute atomic E-state index is 0.252. The third kappa shape index (κ3) is 31.3. The van der Waals surface area contributed by atoms with Crippen LogP contribution in [0.1, 0.15) is 239 Å². The predicted octanol–water partition coefficient (Wildman–Crippen LogP) is 9.83. The molecule has 0 saturated carbocycles. The summed E-state index contributed by atoms with van der Waals surface area (Å²) in [7, 11) is 0. The third-order valence-corrected chi connectivity index (χ3v) is 14.6.